The summed E-state index contributed by atoms with van der Waals surface area (Å²) in [6, 6.07) is 6.97. The highest BCUT2D eigenvalue weighted by Gasteiger charge is 2.31. The van der Waals surface area contributed by atoms with Crippen molar-refractivity contribution in [1.82, 2.24) is 25.0 Å². The molecule has 24 heavy (non-hydrogen) atoms. The Morgan fingerprint density at radius 2 is 2.04 bits per heavy atom. The molecule has 1 aromatic carbocycles. The molecule has 0 unspecified atom stereocenters. The first kappa shape index (κ1) is 16.8. The number of halogens is 1. The predicted molar refractivity (Wildman–Crippen MR) is 91.9 cm³/mol. The van der Waals surface area contributed by atoms with Gasteiger partial charge in [-0.2, -0.15) is 0 Å². The maximum Gasteiger partial charge on any atom is 0.324 e. The van der Waals surface area contributed by atoms with Crippen LogP contribution < -0.4 is 5.32 Å². The molecule has 0 bridgehead atoms. The number of benzene rings is 1. The maximum atomic E-state index is 12.4. The molecule has 0 radical (unpaired) electrons. The van der Waals surface area contributed by atoms with Gasteiger partial charge in [0, 0.05) is 30.7 Å². The summed E-state index contributed by atoms with van der Waals surface area (Å²) in [7, 11) is 1.84. The summed E-state index contributed by atoms with van der Waals surface area (Å²) < 4.78 is 1.82. The maximum absolute atomic E-state index is 12.4. The van der Waals surface area contributed by atoms with Gasteiger partial charge in [0.2, 0.25) is 5.91 Å². The number of urea groups is 1. The normalized spacial score (nSPS) is 15.5. The van der Waals surface area contributed by atoms with E-state index in [1.54, 1.807) is 19.1 Å². The van der Waals surface area contributed by atoms with Gasteiger partial charge in [-0.3, -0.25) is 9.69 Å². The van der Waals surface area contributed by atoms with Crippen LogP contribution >= 0.6 is 23.4 Å². The lowest BCUT2D eigenvalue weighted by Gasteiger charge is -2.16. The molecule has 126 valence electrons. The zero-order valence-corrected chi connectivity index (χ0v) is 14.8. The van der Waals surface area contributed by atoms with E-state index in [1.165, 1.54) is 16.7 Å². The van der Waals surface area contributed by atoms with Crippen molar-refractivity contribution in [2.45, 2.75) is 17.3 Å². The Hall–Kier alpha value is -2.06. The number of carbonyl (C=O) groups excluding carboxylic acids is 2. The van der Waals surface area contributed by atoms with E-state index < -0.39 is 5.25 Å². The van der Waals surface area contributed by atoms with Crippen molar-refractivity contribution >= 4 is 35.3 Å². The number of aromatic nitrogens is 3. The highest BCUT2D eigenvalue weighted by molar-refractivity contribution is 8.00. The Labute approximate surface area is 148 Å². The summed E-state index contributed by atoms with van der Waals surface area (Å²) in [5, 5.41) is 11.8. The number of amides is 3. The van der Waals surface area contributed by atoms with E-state index in [-0.39, 0.29) is 11.9 Å². The first-order valence-corrected chi connectivity index (χ1v) is 8.64. The summed E-state index contributed by atoms with van der Waals surface area (Å²) in [6.07, 6.45) is 0. The minimum absolute atomic E-state index is 0.231. The average Bonchev–Trinajstić information content (AvgIpc) is 3.14. The van der Waals surface area contributed by atoms with Crippen LogP contribution in [0, 0.1) is 0 Å². The van der Waals surface area contributed by atoms with Crippen LogP contribution in [0.3, 0.4) is 0 Å². The van der Waals surface area contributed by atoms with E-state index in [0.717, 1.165) is 5.56 Å². The minimum Gasteiger partial charge on any atom is -0.336 e. The standard InChI is InChI=1S/C15H16ClN5O2S/c1-9(13(22)21-8-7-17-14(21)23)24-15-19-18-12(20(15)2)10-3-5-11(16)6-4-10/h3-6,9H,7-8H2,1-2H3,(H,17,23)/t9-/m1/s1. The van der Waals surface area contributed by atoms with Crippen molar-refractivity contribution in [1.29, 1.82) is 0 Å². The number of nitrogens with zero attached hydrogens (tertiary/aromatic N) is 4. The van der Waals surface area contributed by atoms with Crippen molar-refractivity contribution in [2.24, 2.45) is 7.05 Å². The second-order valence-electron chi connectivity index (χ2n) is 5.35. The minimum atomic E-state index is -0.435. The number of hydrogen-bond donors (Lipinski definition) is 1. The summed E-state index contributed by atoms with van der Waals surface area (Å²) in [6.45, 7) is 2.65. The number of imide groups is 1. The van der Waals surface area contributed by atoms with Crippen LogP contribution in [-0.4, -0.2) is 49.9 Å². The van der Waals surface area contributed by atoms with Gasteiger partial charge >= 0.3 is 6.03 Å². The molecule has 0 saturated carbocycles. The molecule has 0 spiro atoms. The van der Waals surface area contributed by atoms with Crippen molar-refractivity contribution in [3.63, 3.8) is 0 Å². The summed E-state index contributed by atoms with van der Waals surface area (Å²) >= 11 is 7.18. The number of thioether (sulfide) groups is 1. The van der Waals surface area contributed by atoms with Gasteiger partial charge < -0.3 is 9.88 Å². The molecule has 2 aromatic rings. The lowest BCUT2D eigenvalue weighted by atomic mass is 10.2. The third kappa shape index (κ3) is 3.25. The quantitative estimate of drug-likeness (QED) is 0.840. The fourth-order valence-electron chi connectivity index (χ4n) is 2.38. The fraction of sp³-hybridized carbons (Fsp3) is 0.333. The van der Waals surface area contributed by atoms with Gasteiger partial charge in [0.1, 0.15) is 0 Å². The number of hydrogen-bond acceptors (Lipinski definition) is 5. The lowest BCUT2D eigenvalue weighted by molar-refractivity contribution is -0.126. The number of nitrogens with one attached hydrogen (secondary N) is 1. The zero-order chi connectivity index (χ0) is 17.3. The highest BCUT2D eigenvalue weighted by Crippen LogP contribution is 2.27. The van der Waals surface area contributed by atoms with E-state index in [4.69, 9.17) is 11.6 Å². The Morgan fingerprint density at radius 3 is 2.67 bits per heavy atom. The van der Waals surface area contributed by atoms with Crippen molar-refractivity contribution in [3.8, 4) is 11.4 Å². The van der Waals surface area contributed by atoms with Gasteiger partial charge in [0.25, 0.3) is 0 Å². The molecule has 1 fully saturated rings. The van der Waals surface area contributed by atoms with Crippen LogP contribution in [0.4, 0.5) is 4.79 Å². The third-order valence-electron chi connectivity index (χ3n) is 3.69. The van der Waals surface area contributed by atoms with Gasteiger partial charge in [-0.1, -0.05) is 23.4 Å². The monoisotopic (exact) mass is 365 g/mol. The molecule has 1 aliphatic rings. The van der Waals surface area contributed by atoms with Crippen molar-refractivity contribution in [3.05, 3.63) is 29.3 Å². The summed E-state index contributed by atoms with van der Waals surface area (Å²) in [5.41, 5.74) is 0.888. The SMILES string of the molecule is C[C@@H](Sc1nnc(-c2ccc(Cl)cc2)n1C)C(=O)N1CCNC1=O. The van der Waals surface area contributed by atoms with Crippen LogP contribution in [0.2, 0.25) is 5.02 Å². The average molecular weight is 366 g/mol. The third-order valence-corrected chi connectivity index (χ3v) is 5.06. The van der Waals surface area contributed by atoms with Crippen molar-refractivity contribution in [2.75, 3.05) is 13.1 Å². The van der Waals surface area contributed by atoms with E-state index in [2.05, 4.69) is 15.5 Å². The number of rotatable bonds is 4. The molecular formula is C15H16ClN5O2S. The lowest BCUT2D eigenvalue weighted by Crippen LogP contribution is -2.39. The second-order valence-corrected chi connectivity index (χ2v) is 7.10. The van der Waals surface area contributed by atoms with Gasteiger partial charge in [0.15, 0.2) is 11.0 Å². The topological polar surface area (TPSA) is 80.1 Å². The van der Waals surface area contributed by atoms with Crippen LogP contribution in [0.5, 0.6) is 0 Å². The van der Waals surface area contributed by atoms with Gasteiger partial charge in [0.05, 0.1) is 5.25 Å². The molecule has 3 rings (SSSR count). The summed E-state index contributed by atoms with van der Waals surface area (Å²) in [4.78, 5) is 25.2. The fourth-order valence-corrected chi connectivity index (χ4v) is 3.38. The molecule has 0 aliphatic carbocycles. The second kappa shape index (κ2) is 6.82. The molecule has 7 nitrogen and oxygen atoms in total. The van der Waals surface area contributed by atoms with E-state index in [1.807, 2.05) is 23.7 Å². The Morgan fingerprint density at radius 1 is 1.33 bits per heavy atom. The molecule has 1 aliphatic heterocycles. The molecule has 1 saturated heterocycles. The number of carbonyl (C=O) groups is 2. The van der Waals surface area contributed by atoms with Gasteiger partial charge in [-0.05, 0) is 31.2 Å². The Balaban J connectivity index is 1.75. The van der Waals surface area contributed by atoms with Gasteiger partial charge in [-0.15, -0.1) is 10.2 Å². The smallest absolute Gasteiger partial charge is 0.324 e. The molecule has 2 heterocycles. The molecule has 1 atom stereocenters. The summed E-state index contributed by atoms with van der Waals surface area (Å²) in [5.74, 6) is 0.457. The van der Waals surface area contributed by atoms with Crippen LogP contribution in [0.15, 0.2) is 29.4 Å². The molecule has 3 amide bonds. The van der Waals surface area contributed by atoms with Crippen LogP contribution in [0.1, 0.15) is 6.92 Å². The van der Waals surface area contributed by atoms with Crippen LogP contribution in [0.25, 0.3) is 11.4 Å². The largest absolute Gasteiger partial charge is 0.336 e. The molecule has 1 aromatic heterocycles. The van der Waals surface area contributed by atoms with Gasteiger partial charge in [-0.25, -0.2) is 4.79 Å². The first-order valence-electron chi connectivity index (χ1n) is 7.38. The van der Waals surface area contributed by atoms with Crippen molar-refractivity contribution < 1.29 is 9.59 Å². The van der Waals surface area contributed by atoms with E-state index >= 15 is 0 Å². The molecule has 1 N–H and O–H groups in total. The first-order chi connectivity index (χ1) is 11.5. The van der Waals surface area contributed by atoms with E-state index in [0.29, 0.717) is 29.1 Å². The predicted octanol–water partition coefficient (Wildman–Crippen LogP) is 2.17. The zero-order valence-electron chi connectivity index (χ0n) is 13.2. The highest BCUT2D eigenvalue weighted by atomic mass is 35.5. The molecular weight excluding hydrogens is 350 g/mol. The Kier molecular flexibility index (Phi) is 4.77. The van der Waals surface area contributed by atoms with Crippen LogP contribution in [-0.2, 0) is 11.8 Å². The Bertz CT molecular complexity index is 777. The van der Waals surface area contributed by atoms with E-state index in [9.17, 15) is 9.59 Å². The molecule has 9 heteroatoms.